The van der Waals surface area contributed by atoms with Crippen LogP contribution in [0.2, 0.25) is 0 Å². The number of ether oxygens (including phenoxy) is 1. The second-order valence-corrected chi connectivity index (χ2v) is 3.01. The minimum atomic E-state index is 0.340. The van der Waals surface area contributed by atoms with Crippen molar-refractivity contribution in [2.75, 3.05) is 12.3 Å². The molecule has 0 aromatic heterocycles. The summed E-state index contributed by atoms with van der Waals surface area (Å²) in [5, 5.41) is 3.24. The van der Waals surface area contributed by atoms with Crippen LogP contribution in [0, 0.1) is 0 Å². The van der Waals surface area contributed by atoms with Crippen molar-refractivity contribution in [3.63, 3.8) is 0 Å². The zero-order valence-corrected chi connectivity index (χ0v) is 7.23. The molecule has 0 radical (unpaired) electrons. The predicted octanol–water partition coefficient (Wildman–Crippen LogP) is 1.03. The molecule has 2 unspecified atom stereocenters. The normalized spacial score (nSPS) is 30.6. The Labute approximate surface area is 67.7 Å². The highest BCUT2D eigenvalue weighted by atomic mass is 32.1. The van der Waals surface area contributed by atoms with Crippen LogP contribution < -0.4 is 5.32 Å². The Morgan fingerprint density at radius 2 is 2.40 bits per heavy atom. The third-order valence-electron chi connectivity index (χ3n) is 1.61. The largest absolute Gasteiger partial charge is 0.353 e. The van der Waals surface area contributed by atoms with E-state index >= 15 is 0 Å². The molecule has 1 saturated heterocycles. The lowest BCUT2D eigenvalue weighted by Gasteiger charge is -1.94. The molecule has 0 amide bonds. The maximum absolute atomic E-state index is 5.31. The van der Waals surface area contributed by atoms with E-state index in [1.807, 2.05) is 0 Å². The molecule has 0 bridgehead atoms. The number of hydrogen-bond acceptors (Lipinski definition) is 3. The van der Waals surface area contributed by atoms with Crippen LogP contribution in [-0.2, 0) is 4.74 Å². The van der Waals surface area contributed by atoms with Gasteiger partial charge in [-0.3, -0.25) is 5.32 Å². The quantitative estimate of drug-likeness (QED) is 0.465. The van der Waals surface area contributed by atoms with E-state index in [-0.39, 0.29) is 0 Å². The first-order chi connectivity index (χ1) is 4.88. The molecule has 0 aromatic carbocycles. The average Bonchev–Trinajstić information content (AvgIpc) is 2.65. The third-order valence-corrected chi connectivity index (χ3v) is 1.84. The topological polar surface area (TPSA) is 24.6 Å². The first-order valence-electron chi connectivity index (χ1n) is 3.88. The lowest BCUT2D eigenvalue weighted by atomic mass is 10.2. The maximum atomic E-state index is 5.31. The molecule has 2 atom stereocenters. The van der Waals surface area contributed by atoms with Crippen molar-refractivity contribution in [1.82, 2.24) is 5.32 Å². The summed E-state index contributed by atoms with van der Waals surface area (Å²) in [7, 11) is 0. The zero-order valence-electron chi connectivity index (χ0n) is 6.34. The van der Waals surface area contributed by atoms with Crippen LogP contribution in [0.1, 0.15) is 19.8 Å². The third kappa shape index (κ3) is 2.48. The summed E-state index contributed by atoms with van der Waals surface area (Å²) in [5.74, 6) is 0.888. The molecule has 3 heteroatoms. The first-order valence-corrected chi connectivity index (χ1v) is 4.51. The molecule has 0 aliphatic carbocycles. The molecule has 1 N–H and O–H groups in total. The molecule has 60 valence electrons. The van der Waals surface area contributed by atoms with Gasteiger partial charge in [-0.2, -0.15) is 12.6 Å². The minimum Gasteiger partial charge on any atom is -0.353 e. The van der Waals surface area contributed by atoms with Crippen LogP contribution in [-0.4, -0.2) is 24.6 Å². The Hall–Kier alpha value is 0.270. The van der Waals surface area contributed by atoms with Gasteiger partial charge >= 0.3 is 0 Å². The van der Waals surface area contributed by atoms with E-state index in [4.69, 9.17) is 4.74 Å². The average molecular weight is 161 g/mol. The van der Waals surface area contributed by atoms with Gasteiger partial charge in [0.15, 0.2) is 0 Å². The van der Waals surface area contributed by atoms with E-state index in [2.05, 4.69) is 24.9 Å². The second kappa shape index (κ2) is 4.21. The molecule has 1 fully saturated rings. The van der Waals surface area contributed by atoms with E-state index in [0.29, 0.717) is 12.3 Å². The fourth-order valence-electron chi connectivity index (χ4n) is 1.03. The van der Waals surface area contributed by atoms with Gasteiger partial charge in [0, 0.05) is 12.3 Å². The van der Waals surface area contributed by atoms with Crippen LogP contribution in [0.3, 0.4) is 0 Å². The maximum Gasteiger partial charge on any atom is 0.135 e. The molecule has 0 spiro atoms. The molecule has 1 rings (SSSR count). The highest BCUT2D eigenvalue weighted by Crippen LogP contribution is 2.23. The summed E-state index contributed by atoms with van der Waals surface area (Å²) in [4.78, 5) is 0. The highest BCUT2D eigenvalue weighted by molar-refractivity contribution is 7.80. The van der Waals surface area contributed by atoms with Gasteiger partial charge < -0.3 is 4.74 Å². The van der Waals surface area contributed by atoms with Crippen molar-refractivity contribution in [2.45, 2.75) is 32.1 Å². The van der Waals surface area contributed by atoms with Crippen LogP contribution in [0.5, 0.6) is 0 Å². The Kier molecular flexibility index (Phi) is 3.52. The van der Waals surface area contributed by atoms with Crippen LogP contribution in [0.4, 0.5) is 0 Å². The molecule has 1 aliphatic rings. The number of thiol groups is 1. The van der Waals surface area contributed by atoms with Crippen LogP contribution >= 0.6 is 12.6 Å². The summed E-state index contributed by atoms with van der Waals surface area (Å²) < 4.78 is 5.31. The number of rotatable bonds is 5. The van der Waals surface area contributed by atoms with Crippen LogP contribution in [0.25, 0.3) is 0 Å². The number of hydrogen-bond donors (Lipinski definition) is 2. The van der Waals surface area contributed by atoms with Crippen molar-refractivity contribution in [2.24, 2.45) is 0 Å². The fraction of sp³-hybridized carbons (Fsp3) is 1.00. The van der Waals surface area contributed by atoms with E-state index in [0.717, 1.165) is 12.3 Å². The number of epoxide rings is 1. The Morgan fingerprint density at radius 3 is 3.00 bits per heavy atom. The molecule has 10 heavy (non-hydrogen) atoms. The van der Waals surface area contributed by atoms with Gasteiger partial charge in [0.2, 0.25) is 0 Å². The van der Waals surface area contributed by atoms with Gasteiger partial charge in [-0.15, -0.1) is 0 Å². The molecule has 0 saturated carbocycles. The van der Waals surface area contributed by atoms with Gasteiger partial charge in [-0.25, -0.2) is 0 Å². The minimum absolute atomic E-state index is 0.340. The monoisotopic (exact) mass is 161 g/mol. The number of nitrogens with one attached hydrogen (secondary N) is 1. The molecule has 2 nitrogen and oxygen atoms in total. The lowest BCUT2D eigenvalue weighted by Crippen LogP contribution is -2.21. The van der Waals surface area contributed by atoms with Crippen molar-refractivity contribution in [3.8, 4) is 0 Å². The van der Waals surface area contributed by atoms with Crippen molar-refractivity contribution >= 4 is 12.6 Å². The van der Waals surface area contributed by atoms with Gasteiger partial charge in [-0.1, -0.05) is 13.3 Å². The lowest BCUT2D eigenvalue weighted by molar-refractivity contribution is 0.342. The zero-order chi connectivity index (χ0) is 7.40. The molecule has 1 aliphatic heterocycles. The van der Waals surface area contributed by atoms with Gasteiger partial charge in [0.05, 0.1) is 6.10 Å². The summed E-state index contributed by atoms with van der Waals surface area (Å²) in [6.07, 6.45) is 3.23. The molecule has 1 heterocycles. The predicted molar refractivity (Wildman–Crippen MR) is 45.4 cm³/mol. The van der Waals surface area contributed by atoms with E-state index in [9.17, 15) is 0 Å². The van der Waals surface area contributed by atoms with Gasteiger partial charge in [-0.05, 0) is 6.42 Å². The first kappa shape index (κ1) is 8.37. The van der Waals surface area contributed by atoms with Crippen molar-refractivity contribution < 1.29 is 4.74 Å². The van der Waals surface area contributed by atoms with Crippen molar-refractivity contribution in [3.05, 3.63) is 0 Å². The summed E-state index contributed by atoms with van der Waals surface area (Å²) in [5.41, 5.74) is 0. The summed E-state index contributed by atoms with van der Waals surface area (Å²) in [6, 6.07) is 0. The highest BCUT2D eigenvalue weighted by Gasteiger charge is 2.36. The summed E-state index contributed by atoms with van der Waals surface area (Å²) in [6.45, 7) is 3.13. The second-order valence-electron chi connectivity index (χ2n) is 2.56. The molecule has 0 aromatic rings. The Morgan fingerprint density at radius 1 is 1.60 bits per heavy atom. The summed E-state index contributed by atoms with van der Waals surface area (Å²) >= 11 is 4.09. The smallest absolute Gasteiger partial charge is 0.135 e. The molecular weight excluding hydrogens is 146 g/mol. The SMILES string of the molecule is CCCC1OC1NCCS. The van der Waals surface area contributed by atoms with E-state index in [1.165, 1.54) is 12.8 Å². The Balaban J connectivity index is 1.92. The van der Waals surface area contributed by atoms with Crippen LogP contribution in [0.15, 0.2) is 0 Å². The van der Waals surface area contributed by atoms with Crippen molar-refractivity contribution in [1.29, 1.82) is 0 Å². The molecular formula is C7H15NOS. The fourth-order valence-corrected chi connectivity index (χ4v) is 1.16. The Bertz CT molecular complexity index is 99.6. The van der Waals surface area contributed by atoms with Gasteiger partial charge in [0.25, 0.3) is 0 Å². The standard InChI is InChI=1S/C7H15NOS/c1-2-3-6-7(9-6)8-4-5-10/h6-8,10H,2-5H2,1H3. The van der Waals surface area contributed by atoms with E-state index < -0.39 is 0 Å². The van der Waals surface area contributed by atoms with Gasteiger partial charge in [0.1, 0.15) is 6.23 Å². The van der Waals surface area contributed by atoms with E-state index in [1.54, 1.807) is 0 Å².